The number of carbonyl (C=O) groups excluding carboxylic acids is 1. The summed E-state index contributed by atoms with van der Waals surface area (Å²) in [6, 6.07) is 11.3. The van der Waals surface area contributed by atoms with Gasteiger partial charge in [0.25, 0.3) is 5.91 Å². The third-order valence-corrected chi connectivity index (χ3v) is 2.50. The highest BCUT2D eigenvalue weighted by atomic mass is 16.3. The number of nitrogens with one attached hydrogen (secondary N) is 1. The molecule has 1 amide bonds. The summed E-state index contributed by atoms with van der Waals surface area (Å²) in [4.78, 5) is 11.8. The SMILES string of the molecule is Cc1cccc(C(=O)NCc2ccc(C)o2)c1. The van der Waals surface area contributed by atoms with Gasteiger partial charge in [-0.25, -0.2) is 0 Å². The molecule has 0 saturated heterocycles. The maximum Gasteiger partial charge on any atom is 0.251 e. The fourth-order valence-electron chi connectivity index (χ4n) is 1.64. The Balaban J connectivity index is 1.98. The molecule has 17 heavy (non-hydrogen) atoms. The van der Waals surface area contributed by atoms with Gasteiger partial charge in [0.15, 0.2) is 0 Å². The molecule has 1 heterocycles. The van der Waals surface area contributed by atoms with Crippen molar-refractivity contribution in [1.82, 2.24) is 5.32 Å². The number of furan rings is 1. The first-order valence-electron chi connectivity index (χ1n) is 5.55. The van der Waals surface area contributed by atoms with E-state index in [1.165, 1.54) is 0 Å². The molecule has 0 aliphatic rings. The van der Waals surface area contributed by atoms with Gasteiger partial charge in [-0.05, 0) is 38.1 Å². The van der Waals surface area contributed by atoms with Crippen molar-refractivity contribution >= 4 is 5.91 Å². The van der Waals surface area contributed by atoms with Gasteiger partial charge >= 0.3 is 0 Å². The van der Waals surface area contributed by atoms with E-state index < -0.39 is 0 Å². The summed E-state index contributed by atoms with van der Waals surface area (Å²) in [5, 5.41) is 2.82. The van der Waals surface area contributed by atoms with E-state index in [2.05, 4.69) is 5.32 Å². The highest BCUT2D eigenvalue weighted by Gasteiger charge is 2.06. The van der Waals surface area contributed by atoms with Crippen LogP contribution >= 0.6 is 0 Å². The molecule has 0 unspecified atom stereocenters. The summed E-state index contributed by atoms with van der Waals surface area (Å²) >= 11 is 0. The molecule has 2 aromatic rings. The zero-order valence-corrected chi connectivity index (χ0v) is 9.99. The third-order valence-electron chi connectivity index (χ3n) is 2.50. The van der Waals surface area contributed by atoms with Crippen molar-refractivity contribution in [3.05, 3.63) is 59.0 Å². The molecule has 0 aliphatic carbocycles. The van der Waals surface area contributed by atoms with E-state index in [1.807, 2.05) is 44.2 Å². The molecule has 0 saturated carbocycles. The molecule has 1 aromatic carbocycles. The van der Waals surface area contributed by atoms with Crippen LogP contribution in [0.1, 0.15) is 27.4 Å². The van der Waals surface area contributed by atoms with Gasteiger partial charge in [-0.1, -0.05) is 17.7 Å². The molecule has 0 fully saturated rings. The lowest BCUT2D eigenvalue weighted by molar-refractivity contribution is 0.0948. The van der Waals surface area contributed by atoms with Crippen LogP contribution in [-0.4, -0.2) is 5.91 Å². The molecular weight excluding hydrogens is 214 g/mol. The normalized spacial score (nSPS) is 10.2. The Labute approximate surface area is 100 Å². The summed E-state index contributed by atoms with van der Waals surface area (Å²) < 4.78 is 5.38. The average Bonchev–Trinajstić information content (AvgIpc) is 2.72. The number of amides is 1. The average molecular weight is 229 g/mol. The fourth-order valence-corrected chi connectivity index (χ4v) is 1.64. The zero-order chi connectivity index (χ0) is 12.3. The van der Waals surface area contributed by atoms with Crippen LogP contribution in [0.15, 0.2) is 40.8 Å². The van der Waals surface area contributed by atoms with Crippen LogP contribution in [0.25, 0.3) is 0 Å². The van der Waals surface area contributed by atoms with Gasteiger partial charge in [0.05, 0.1) is 6.54 Å². The zero-order valence-electron chi connectivity index (χ0n) is 9.99. The summed E-state index contributed by atoms with van der Waals surface area (Å²) in [6.45, 7) is 4.26. The first-order valence-corrected chi connectivity index (χ1v) is 5.55. The highest BCUT2D eigenvalue weighted by molar-refractivity contribution is 5.94. The third kappa shape index (κ3) is 2.97. The lowest BCUT2D eigenvalue weighted by Crippen LogP contribution is -2.22. The quantitative estimate of drug-likeness (QED) is 0.879. The Kier molecular flexibility index (Phi) is 3.28. The van der Waals surface area contributed by atoms with Crippen molar-refractivity contribution in [2.45, 2.75) is 20.4 Å². The van der Waals surface area contributed by atoms with Crippen LogP contribution in [0.3, 0.4) is 0 Å². The molecule has 3 heteroatoms. The van der Waals surface area contributed by atoms with Crippen LogP contribution < -0.4 is 5.32 Å². The van der Waals surface area contributed by atoms with E-state index >= 15 is 0 Å². The maximum atomic E-state index is 11.8. The predicted octanol–water partition coefficient (Wildman–Crippen LogP) is 2.83. The number of carbonyl (C=O) groups is 1. The van der Waals surface area contributed by atoms with Crippen molar-refractivity contribution in [2.24, 2.45) is 0 Å². The van der Waals surface area contributed by atoms with Gasteiger partial charge in [0.1, 0.15) is 11.5 Å². The standard InChI is InChI=1S/C14H15NO2/c1-10-4-3-5-12(8-10)14(16)15-9-13-7-6-11(2)17-13/h3-8H,9H2,1-2H3,(H,15,16). The molecule has 0 bridgehead atoms. The first kappa shape index (κ1) is 11.5. The second-order valence-electron chi connectivity index (χ2n) is 4.06. The van der Waals surface area contributed by atoms with Crippen LogP contribution in [0.5, 0.6) is 0 Å². The van der Waals surface area contributed by atoms with Gasteiger partial charge in [-0.3, -0.25) is 4.79 Å². The molecule has 1 N–H and O–H groups in total. The van der Waals surface area contributed by atoms with Gasteiger partial charge in [0.2, 0.25) is 0 Å². The molecule has 0 spiro atoms. The minimum atomic E-state index is -0.0808. The molecule has 2 rings (SSSR count). The lowest BCUT2D eigenvalue weighted by Gasteiger charge is -2.04. The van der Waals surface area contributed by atoms with Crippen LogP contribution in [0.2, 0.25) is 0 Å². The minimum absolute atomic E-state index is 0.0808. The van der Waals surface area contributed by atoms with Crippen LogP contribution in [-0.2, 0) is 6.54 Å². The smallest absolute Gasteiger partial charge is 0.251 e. The van der Waals surface area contributed by atoms with E-state index in [0.717, 1.165) is 17.1 Å². The van der Waals surface area contributed by atoms with Crippen LogP contribution in [0, 0.1) is 13.8 Å². The number of aryl methyl sites for hydroxylation is 2. The van der Waals surface area contributed by atoms with Gasteiger partial charge < -0.3 is 9.73 Å². The lowest BCUT2D eigenvalue weighted by atomic mass is 10.1. The Bertz CT molecular complexity index is 529. The summed E-state index contributed by atoms with van der Waals surface area (Å²) in [6.07, 6.45) is 0. The molecule has 88 valence electrons. The van der Waals surface area contributed by atoms with Gasteiger partial charge in [-0.2, -0.15) is 0 Å². The number of hydrogen-bond acceptors (Lipinski definition) is 2. The Morgan fingerprint density at radius 2 is 2.06 bits per heavy atom. The molecule has 0 aliphatic heterocycles. The topological polar surface area (TPSA) is 42.2 Å². The largest absolute Gasteiger partial charge is 0.465 e. The monoisotopic (exact) mass is 229 g/mol. The minimum Gasteiger partial charge on any atom is -0.465 e. The molecule has 0 radical (unpaired) electrons. The summed E-state index contributed by atoms with van der Waals surface area (Å²) in [5.74, 6) is 1.54. The second kappa shape index (κ2) is 4.87. The number of hydrogen-bond donors (Lipinski definition) is 1. The Morgan fingerprint density at radius 3 is 2.71 bits per heavy atom. The molecule has 3 nitrogen and oxygen atoms in total. The van der Waals surface area contributed by atoms with Gasteiger partial charge in [0, 0.05) is 5.56 Å². The molecule has 0 atom stereocenters. The van der Waals surface area contributed by atoms with E-state index in [-0.39, 0.29) is 5.91 Å². The first-order chi connectivity index (χ1) is 8.15. The highest BCUT2D eigenvalue weighted by Crippen LogP contribution is 2.07. The molecular formula is C14H15NO2. The van der Waals surface area contributed by atoms with Crippen molar-refractivity contribution < 1.29 is 9.21 Å². The number of benzene rings is 1. The van der Waals surface area contributed by atoms with E-state index in [9.17, 15) is 4.79 Å². The predicted molar refractivity (Wildman–Crippen MR) is 65.8 cm³/mol. The van der Waals surface area contributed by atoms with Crippen molar-refractivity contribution in [3.8, 4) is 0 Å². The Morgan fingerprint density at radius 1 is 1.24 bits per heavy atom. The van der Waals surface area contributed by atoms with E-state index in [0.29, 0.717) is 12.1 Å². The van der Waals surface area contributed by atoms with Gasteiger partial charge in [-0.15, -0.1) is 0 Å². The van der Waals surface area contributed by atoms with E-state index in [1.54, 1.807) is 6.07 Å². The fraction of sp³-hybridized carbons (Fsp3) is 0.214. The Hall–Kier alpha value is -2.03. The van der Waals surface area contributed by atoms with Crippen molar-refractivity contribution in [2.75, 3.05) is 0 Å². The van der Waals surface area contributed by atoms with Crippen molar-refractivity contribution in [3.63, 3.8) is 0 Å². The second-order valence-corrected chi connectivity index (χ2v) is 4.06. The molecule has 1 aromatic heterocycles. The van der Waals surface area contributed by atoms with Crippen molar-refractivity contribution in [1.29, 1.82) is 0 Å². The number of rotatable bonds is 3. The summed E-state index contributed by atoms with van der Waals surface area (Å²) in [7, 11) is 0. The maximum absolute atomic E-state index is 11.8. The van der Waals surface area contributed by atoms with Crippen LogP contribution in [0.4, 0.5) is 0 Å². The van der Waals surface area contributed by atoms with E-state index in [4.69, 9.17) is 4.42 Å². The summed E-state index contributed by atoms with van der Waals surface area (Å²) in [5.41, 5.74) is 1.75.